The lowest BCUT2D eigenvalue weighted by Crippen LogP contribution is -2.18. The molecule has 4 nitrogen and oxygen atoms in total. The first-order valence-corrected chi connectivity index (χ1v) is 9.76. The van der Waals surface area contributed by atoms with Crippen LogP contribution in [0, 0.1) is 0 Å². The van der Waals surface area contributed by atoms with Gasteiger partial charge in [-0.25, -0.2) is 14.3 Å². The van der Waals surface area contributed by atoms with E-state index >= 15 is 0 Å². The molecule has 5 heteroatoms. The summed E-state index contributed by atoms with van der Waals surface area (Å²) in [7, 11) is 0. The van der Waals surface area contributed by atoms with Crippen molar-refractivity contribution in [1.29, 1.82) is 0 Å². The summed E-state index contributed by atoms with van der Waals surface area (Å²) in [5.41, 5.74) is 4.33. The third-order valence-electron chi connectivity index (χ3n) is 5.02. The van der Waals surface area contributed by atoms with Gasteiger partial charge in [-0.3, -0.25) is 0 Å². The lowest BCUT2D eigenvalue weighted by molar-refractivity contribution is 0.141. The zero-order chi connectivity index (χ0) is 17.5. The van der Waals surface area contributed by atoms with Gasteiger partial charge in [-0.05, 0) is 49.4 Å². The van der Waals surface area contributed by atoms with Gasteiger partial charge >= 0.3 is 6.09 Å². The smallest absolute Gasteiger partial charge is 0.419 e. The molecule has 0 amide bonds. The zero-order valence-corrected chi connectivity index (χ0v) is 15.1. The molecule has 1 aliphatic rings. The number of aromatic nitrogens is 2. The minimum absolute atomic E-state index is 0.208. The molecule has 2 aromatic heterocycles. The van der Waals surface area contributed by atoms with Crippen molar-refractivity contribution in [2.45, 2.75) is 32.3 Å². The first-order valence-electron chi connectivity index (χ1n) is 8.94. The number of benzene rings is 2. The number of hydrogen-bond donors (Lipinski definition) is 0. The number of thiazole rings is 1. The number of carbonyl (C=O) groups excluding carboxylic acids is 1. The van der Waals surface area contributed by atoms with Gasteiger partial charge in [0.1, 0.15) is 11.6 Å². The third kappa shape index (κ3) is 2.51. The number of fused-ring (bicyclic) bond motifs is 4. The number of ether oxygens (including phenoxy) is 1. The molecule has 5 rings (SSSR count). The lowest BCUT2D eigenvalue weighted by atomic mass is 9.96. The highest BCUT2D eigenvalue weighted by atomic mass is 32.1. The summed E-state index contributed by atoms with van der Waals surface area (Å²) >= 11 is 1.57. The molecule has 26 heavy (non-hydrogen) atoms. The van der Waals surface area contributed by atoms with Crippen LogP contribution in [-0.4, -0.2) is 15.6 Å². The van der Waals surface area contributed by atoms with Crippen LogP contribution in [0.4, 0.5) is 4.79 Å². The summed E-state index contributed by atoms with van der Waals surface area (Å²) in [5.74, 6) is 0. The largest absolute Gasteiger partial charge is 0.442 e. The predicted octanol–water partition coefficient (Wildman–Crippen LogP) is 5.31. The Hall–Kier alpha value is -2.66. The van der Waals surface area contributed by atoms with Crippen molar-refractivity contribution in [3.63, 3.8) is 0 Å². The summed E-state index contributed by atoms with van der Waals surface area (Å²) in [6.45, 7) is 0.208. The average Bonchev–Trinajstić information content (AvgIpc) is 3.25. The Kier molecular flexibility index (Phi) is 3.75. The van der Waals surface area contributed by atoms with Gasteiger partial charge in [0, 0.05) is 11.1 Å². The number of rotatable bonds is 2. The number of nitrogens with zero attached hydrogens (tertiary/aromatic N) is 2. The Balaban J connectivity index is 1.47. The van der Waals surface area contributed by atoms with Crippen molar-refractivity contribution >= 4 is 38.5 Å². The molecule has 0 radical (unpaired) electrons. The molecule has 130 valence electrons. The van der Waals surface area contributed by atoms with E-state index < -0.39 is 0 Å². The van der Waals surface area contributed by atoms with E-state index in [-0.39, 0.29) is 12.7 Å². The van der Waals surface area contributed by atoms with E-state index in [1.165, 1.54) is 17.4 Å². The first kappa shape index (κ1) is 15.6. The highest BCUT2D eigenvalue weighted by Gasteiger charge is 2.24. The highest BCUT2D eigenvalue weighted by molar-refractivity contribution is 7.18. The van der Waals surface area contributed by atoms with Crippen molar-refractivity contribution in [2.24, 2.45) is 0 Å². The van der Waals surface area contributed by atoms with Crippen LogP contribution in [0.15, 0.2) is 48.5 Å². The Bertz CT molecular complexity index is 1090. The molecule has 0 fully saturated rings. The van der Waals surface area contributed by atoms with Gasteiger partial charge in [0.15, 0.2) is 0 Å². The maximum Gasteiger partial charge on any atom is 0.419 e. The molecule has 0 aliphatic heterocycles. The molecule has 0 saturated heterocycles. The fourth-order valence-electron chi connectivity index (χ4n) is 3.87. The topological polar surface area (TPSA) is 44.1 Å². The van der Waals surface area contributed by atoms with E-state index in [0.717, 1.165) is 45.7 Å². The molecule has 4 aromatic rings. The number of hydrogen-bond acceptors (Lipinski definition) is 4. The maximum atomic E-state index is 12.9. The van der Waals surface area contributed by atoms with E-state index in [0.29, 0.717) is 0 Å². The molecule has 0 N–H and O–H groups in total. The van der Waals surface area contributed by atoms with Crippen LogP contribution >= 0.6 is 11.3 Å². The number of para-hydroxylation sites is 2. The molecule has 2 aromatic carbocycles. The Labute approximate surface area is 155 Å². The van der Waals surface area contributed by atoms with Gasteiger partial charge in [0.2, 0.25) is 0 Å². The van der Waals surface area contributed by atoms with E-state index in [1.807, 2.05) is 42.5 Å². The van der Waals surface area contributed by atoms with E-state index in [1.54, 1.807) is 15.9 Å². The molecular formula is C21H18N2O2S. The minimum Gasteiger partial charge on any atom is -0.442 e. The highest BCUT2D eigenvalue weighted by Crippen LogP contribution is 2.32. The van der Waals surface area contributed by atoms with Crippen LogP contribution in [0.1, 0.15) is 29.1 Å². The quantitative estimate of drug-likeness (QED) is 0.485. The van der Waals surface area contributed by atoms with Gasteiger partial charge in [-0.2, -0.15) is 0 Å². The van der Waals surface area contributed by atoms with Crippen molar-refractivity contribution in [2.75, 3.05) is 0 Å². The Morgan fingerprint density at radius 3 is 2.81 bits per heavy atom. The number of carbonyl (C=O) groups is 1. The maximum absolute atomic E-state index is 12.9. The molecule has 0 unspecified atom stereocenters. The fraction of sp³-hybridized carbons (Fsp3) is 0.238. The zero-order valence-electron chi connectivity index (χ0n) is 14.3. The Morgan fingerprint density at radius 2 is 1.88 bits per heavy atom. The predicted molar refractivity (Wildman–Crippen MR) is 104 cm³/mol. The van der Waals surface area contributed by atoms with Crippen LogP contribution in [-0.2, 0) is 24.2 Å². The summed E-state index contributed by atoms with van der Waals surface area (Å²) < 4.78 is 8.54. The van der Waals surface area contributed by atoms with Gasteiger partial charge in [0.05, 0.1) is 15.7 Å². The monoisotopic (exact) mass is 362 g/mol. The van der Waals surface area contributed by atoms with Gasteiger partial charge in [0.25, 0.3) is 0 Å². The molecule has 1 aliphatic carbocycles. The van der Waals surface area contributed by atoms with Crippen LogP contribution in [0.2, 0.25) is 0 Å². The second-order valence-corrected chi connectivity index (χ2v) is 7.73. The molecule has 0 bridgehead atoms. The third-order valence-corrected chi connectivity index (χ3v) is 6.03. The van der Waals surface area contributed by atoms with Crippen LogP contribution in [0.25, 0.3) is 21.1 Å². The van der Waals surface area contributed by atoms with E-state index in [9.17, 15) is 4.79 Å². The van der Waals surface area contributed by atoms with Crippen molar-refractivity contribution in [3.8, 4) is 0 Å². The number of aryl methyl sites for hydroxylation is 1. The molecular weight excluding hydrogens is 344 g/mol. The summed E-state index contributed by atoms with van der Waals surface area (Å²) in [6, 6.07) is 16.1. The SMILES string of the molecule is O=C(OCc1nc2ccccc2s1)n1c2c(c3ccccc31)CCCC2. The summed E-state index contributed by atoms with van der Waals surface area (Å²) in [6.07, 6.45) is 3.97. The average molecular weight is 362 g/mol. The van der Waals surface area contributed by atoms with Gasteiger partial charge < -0.3 is 4.74 Å². The Morgan fingerprint density at radius 1 is 1.08 bits per heavy atom. The normalized spacial score (nSPS) is 13.8. The molecule has 0 spiro atoms. The van der Waals surface area contributed by atoms with Crippen molar-refractivity contribution in [3.05, 3.63) is 64.8 Å². The standard InChI is InChI=1S/C21H18N2O2S/c24-21(25-13-20-22-16-9-3-6-12-19(16)26-20)23-17-10-4-1-7-14(17)15-8-2-5-11-18(15)23/h1,3-4,6-7,9-10,12H,2,5,8,11,13H2. The molecule has 0 saturated carbocycles. The van der Waals surface area contributed by atoms with E-state index in [2.05, 4.69) is 11.1 Å². The van der Waals surface area contributed by atoms with Crippen LogP contribution in [0.5, 0.6) is 0 Å². The second kappa shape index (κ2) is 6.25. The lowest BCUT2D eigenvalue weighted by Gasteiger charge is -2.14. The van der Waals surface area contributed by atoms with Gasteiger partial charge in [-0.15, -0.1) is 11.3 Å². The minimum atomic E-state index is -0.302. The van der Waals surface area contributed by atoms with Gasteiger partial charge in [-0.1, -0.05) is 30.3 Å². The molecule has 2 heterocycles. The van der Waals surface area contributed by atoms with Crippen molar-refractivity contribution in [1.82, 2.24) is 9.55 Å². The second-order valence-electron chi connectivity index (χ2n) is 6.61. The summed E-state index contributed by atoms with van der Waals surface area (Å²) in [5, 5.41) is 2.00. The first-order chi connectivity index (χ1) is 12.8. The van der Waals surface area contributed by atoms with Crippen LogP contribution < -0.4 is 0 Å². The van der Waals surface area contributed by atoms with Crippen molar-refractivity contribution < 1.29 is 9.53 Å². The van der Waals surface area contributed by atoms with Crippen LogP contribution in [0.3, 0.4) is 0 Å². The summed E-state index contributed by atoms with van der Waals surface area (Å²) in [4.78, 5) is 17.4. The fourth-order valence-corrected chi connectivity index (χ4v) is 4.75. The molecule has 0 atom stereocenters. The van der Waals surface area contributed by atoms with E-state index in [4.69, 9.17) is 4.74 Å².